The molecule has 0 amide bonds. The first kappa shape index (κ1) is 15.4. The second-order valence-corrected chi connectivity index (χ2v) is 7.48. The standard InChI is InChI=1S/C14H19N3O4S/c1-11-2-4-12(5-3-11)22(19,20)16-13-10-17(15-14(13)18)6-8-21-9-7-17/h2-5,13,16H,6-10H2,1H3. The highest BCUT2D eigenvalue weighted by Crippen LogP contribution is 2.21. The average molecular weight is 325 g/mol. The molecule has 2 heterocycles. The Balaban J connectivity index is 1.76. The normalized spacial score (nSPS) is 24.4. The molecule has 1 atom stereocenters. The summed E-state index contributed by atoms with van der Waals surface area (Å²) in [6, 6.07) is 5.72. The molecule has 1 fully saturated rings. The Labute approximate surface area is 129 Å². The number of rotatable bonds is 3. The fourth-order valence-electron chi connectivity index (χ4n) is 2.76. The maximum atomic E-state index is 12.4. The molecule has 0 saturated carbocycles. The molecule has 1 N–H and O–H groups in total. The highest BCUT2D eigenvalue weighted by molar-refractivity contribution is 7.89. The maximum Gasteiger partial charge on any atom is 0.241 e. The Kier molecular flexibility index (Phi) is 3.94. The SMILES string of the molecule is Cc1ccc(S(=O)(=O)NC2C[N+]3(CCOCC3)N=C2[O-])cc1. The van der Waals surface area contributed by atoms with Crippen molar-refractivity contribution in [3.8, 4) is 0 Å². The van der Waals surface area contributed by atoms with Crippen molar-refractivity contribution in [3.63, 3.8) is 0 Å². The highest BCUT2D eigenvalue weighted by atomic mass is 32.2. The number of ether oxygens (including phenoxy) is 1. The largest absolute Gasteiger partial charge is 0.857 e. The average Bonchev–Trinajstić information content (AvgIpc) is 2.75. The van der Waals surface area contributed by atoms with Crippen LogP contribution in [0.5, 0.6) is 0 Å². The molecule has 0 bridgehead atoms. The van der Waals surface area contributed by atoms with E-state index in [2.05, 4.69) is 9.82 Å². The van der Waals surface area contributed by atoms with Gasteiger partial charge in [0.1, 0.15) is 25.7 Å². The van der Waals surface area contributed by atoms with Crippen LogP contribution in [0.3, 0.4) is 0 Å². The Hall–Kier alpha value is -1.48. The van der Waals surface area contributed by atoms with Crippen molar-refractivity contribution in [2.75, 3.05) is 32.8 Å². The first-order valence-corrected chi connectivity index (χ1v) is 8.69. The first-order chi connectivity index (χ1) is 10.4. The summed E-state index contributed by atoms with van der Waals surface area (Å²) in [5.41, 5.74) is 0.976. The fourth-order valence-corrected chi connectivity index (χ4v) is 3.94. The number of nitrogens with one attached hydrogen (secondary N) is 1. The number of sulfonamides is 1. The minimum absolute atomic E-state index is 0.159. The van der Waals surface area contributed by atoms with Crippen molar-refractivity contribution in [3.05, 3.63) is 29.8 Å². The molecule has 120 valence electrons. The molecule has 1 saturated heterocycles. The molecular formula is C14H19N3O4S. The quantitative estimate of drug-likeness (QED) is 0.735. The van der Waals surface area contributed by atoms with Crippen molar-refractivity contribution in [1.29, 1.82) is 0 Å². The van der Waals surface area contributed by atoms with E-state index < -0.39 is 22.0 Å². The lowest BCUT2D eigenvalue weighted by Gasteiger charge is -2.32. The lowest BCUT2D eigenvalue weighted by molar-refractivity contribution is -0.937. The summed E-state index contributed by atoms with van der Waals surface area (Å²) in [5.74, 6) is -0.405. The van der Waals surface area contributed by atoms with E-state index in [-0.39, 0.29) is 9.49 Å². The summed E-state index contributed by atoms with van der Waals surface area (Å²) in [5, 5.41) is 16.2. The van der Waals surface area contributed by atoms with Crippen LogP contribution in [0.25, 0.3) is 0 Å². The van der Waals surface area contributed by atoms with Crippen LogP contribution in [-0.2, 0) is 14.8 Å². The predicted molar refractivity (Wildman–Crippen MR) is 78.4 cm³/mol. The summed E-state index contributed by atoms with van der Waals surface area (Å²) in [6.07, 6.45) is 0. The van der Waals surface area contributed by atoms with Gasteiger partial charge in [0.25, 0.3) is 0 Å². The molecule has 22 heavy (non-hydrogen) atoms. The van der Waals surface area contributed by atoms with Crippen molar-refractivity contribution < 1.29 is 22.9 Å². The fraction of sp³-hybridized carbons (Fsp3) is 0.500. The van der Waals surface area contributed by atoms with Gasteiger partial charge in [0.15, 0.2) is 0 Å². The zero-order chi connectivity index (χ0) is 15.8. The Bertz CT molecular complexity index is 679. The second-order valence-electron chi connectivity index (χ2n) is 5.76. The van der Waals surface area contributed by atoms with Crippen LogP contribution in [0.1, 0.15) is 5.56 Å². The van der Waals surface area contributed by atoms with Gasteiger partial charge in [0, 0.05) is 5.90 Å². The zero-order valence-corrected chi connectivity index (χ0v) is 13.2. The van der Waals surface area contributed by atoms with Crippen LogP contribution >= 0.6 is 0 Å². The van der Waals surface area contributed by atoms with Gasteiger partial charge in [0.2, 0.25) is 10.0 Å². The molecule has 8 heteroatoms. The minimum atomic E-state index is -3.72. The molecule has 1 aromatic carbocycles. The summed E-state index contributed by atoms with van der Waals surface area (Å²) < 4.78 is 32.8. The molecule has 0 radical (unpaired) electrons. The van der Waals surface area contributed by atoms with E-state index in [4.69, 9.17) is 4.74 Å². The minimum Gasteiger partial charge on any atom is -0.857 e. The number of aryl methyl sites for hydroxylation is 1. The van der Waals surface area contributed by atoms with Gasteiger partial charge in [-0.15, -0.1) is 5.10 Å². The van der Waals surface area contributed by atoms with E-state index in [1.54, 1.807) is 12.1 Å². The lowest BCUT2D eigenvalue weighted by atomic mass is 10.2. The second kappa shape index (κ2) is 5.62. The Morgan fingerprint density at radius 2 is 1.91 bits per heavy atom. The van der Waals surface area contributed by atoms with E-state index in [9.17, 15) is 13.5 Å². The number of hydrogen-bond donors (Lipinski definition) is 1. The zero-order valence-electron chi connectivity index (χ0n) is 12.4. The van der Waals surface area contributed by atoms with Crippen LogP contribution in [0.4, 0.5) is 0 Å². The van der Waals surface area contributed by atoms with Crippen molar-refractivity contribution in [2.45, 2.75) is 17.9 Å². The smallest absolute Gasteiger partial charge is 0.241 e. The topological polar surface area (TPSA) is 90.8 Å². The van der Waals surface area contributed by atoms with Gasteiger partial charge in [-0.05, 0) is 19.1 Å². The van der Waals surface area contributed by atoms with Crippen LogP contribution < -0.4 is 9.83 Å². The van der Waals surface area contributed by atoms with E-state index in [0.717, 1.165) is 5.56 Å². The van der Waals surface area contributed by atoms with Crippen molar-refractivity contribution in [1.82, 2.24) is 4.72 Å². The molecule has 2 aliphatic heterocycles. The van der Waals surface area contributed by atoms with Gasteiger partial charge in [-0.25, -0.2) is 8.42 Å². The Morgan fingerprint density at radius 3 is 2.55 bits per heavy atom. The summed E-state index contributed by atoms with van der Waals surface area (Å²) >= 11 is 0. The number of hydrogen-bond acceptors (Lipinski definition) is 5. The van der Waals surface area contributed by atoms with Crippen LogP contribution in [0.15, 0.2) is 34.3 Å². The van der Waals surface area contributed by atoms with Gasteiger partial charge in [0.05, 0.1) is 18.1 Å². The first-order valence-electron chi connectivity index (χ1n) is 7.20. The molecule has 2 aliphatic rings. The molecule has 1 unspecified atom stereocenters. The molecule has 0 aliphatic carbocycles. The van der Waals surface area contributed by atoms with Crippen molar-refractivity contribution in [2.24, 2.45) is 5.10 Å². The molecule has 7 nitrogen and oxygen atoms in total. The third kappa shape index (κ3) is 3.00. The van der Waals surface area contributed by atoms with Gasteiger partial charge in [-0.3, -0.25) is 0 Å². The summed E-state index contributed by atoms with van der Waals surface area (Å²) in [4.78, 5) is 0.159. The number of nitrogens with zero attached hydrogens (tertiary/aromatic N) is 2. The van der Waals surface area contributed by atoms with Gasteiger partial charge < -0.3 is 9.84 Å². The van der Waals surface area contributed by atoms with Crippen LogP contribution in [0, 0.1) is 6.92 Å². The molecule has 1 spiro atoms. The Morgan fingerprint density at radius 1 is 1.27 bits per heavy atom. The third-order valence-corrected chi connectivity index (χ3v) is 5.55. The number of benzene rings is 1. The van der Waals surface area contributed by atoms with Gasteiger partial charge in [-0.1, -0.05) is 17.7 Å². The molecule has 1 aromatic rings. The summed E-state index contributed by atoms with van der Waals surface area (Å²) in [7, 11) is -3.72. The van der Waals surface area contributed by atoms with E-state index in [1.165, 1.54) is 12.1 Å². The third-order valence-electron chi connectivity index (χ3n) is 4.06. The maximum absolute atomic E-state index is 12.4. The highest BCUT2D eigenvalue weighted by Gasteiger charge is 2.41. The van der Waals surface area contributed by atoms with Crippen LogP contribution in [0.2, 0.25) is 0 Å². The van der Waals surface area contributed by atoms with Gasteiger partial charge >= 0.3 is 0 Å². The number of quaternary nitrogens is 1. The van der Waals surface area contributed by atoms with E-state index >= 15 is 0 Å². The van der Waals surface area contributed by atoms with Crippen LogP contribution in [-0.4, -0.2) is 57.8 Å². The van der Waals surface area contributed by atoms with Crippen molar-refractivity contribution >= 4 is 15.9 Å². The van der Waals surface area contributed by atoms with E-state index in [1.807, 2.05) is 6.92 Å². The van der Waals surface area contributed by atoms with Gasteiger partial charge in [-0.2, -0.15) is 9.31 Å². The monoisotopic (exact) mass is 325 g/mol. The summed E-state index contributed by atoms with van der Waals surface area (Å²) in [6.45, 7) is 4.52. The predicted octanol–water partition coefficient (Wildman–Crippen LogP) is -0.824. The molecular weight excluding hydrogens is 306 g/mol. The lowest BCUT2D eigenvalue weighted by Crippen LogP contribution is -2.54. The molecule has 3 rings (SSSR count). The molecule has 0 aromatic heterocycles. The van der Waals surface area contributed by atoms with E-state index in [0.29, 0.717) is 32.8 Å². The number of morpholine rings is 1.